The Morgan fingerprint density at radius 3 is 2.93 bits per heavy atom. The maximum absolute atomic E-state index is 11.6. The number of halogens is 2. The van der Waals surface area contributed by atoms with Crippen molar-refractivity contribution in [1.82, 2.24) is 0 Å². The predicted molar refractivity (Wildman–Crippen MR) is 48.9 cm³/mol. The number of ketones is 1. The number of alkyl halides is 2. The summed E-state index contributed by atoms with van der Waals surface area (Å²) in [5.41, 5.74) is 0.786. The SMILES string of the molecule is O=C(CCOCC(F)F)Cc1ccoc1. The molecule has 0 aromatic carbocycles. The lowest BCUT2D eigenvalue weighted by molar-refractivity contribution is -0.119. The molecule has 0 spiro atoms. The first-order chi connectivity index (χ1) is 7.18. The van der Waals surface area contributed by atoms with Crippen LogP contribution < -0.4 is 0 Å². The molecule has 0 aliphatic rings. The van der Waals surface area contributed by atoms with Crippen molar-refractivity contribution in [2.75, 3.05) is 13.2 Å². The Labute approximate surface area is 86.0 Å². The molecular weight excluding hydrogens is 206 g/mol. The summed E-state index contributed by atoms with van der Waals surface area (Å²) in [6, 6.07) is 1.69. The van der Waals surface area contributed by atoms with Crippen molar-refractivity contribution in [3.8, 4) is 0 Å². The summed E-state index contributed by atoms with van der Waals surface area (Å²) in [6.07, 6.45) is 0.897. The first-order valence-corrected chi connectivity index (χ1v) is 4.57. The molecule has 1 aromatic rings. The second-order valence-electron chi connectivity index (χ2n) is 3.06. The van der Waals surface area contributed by atoms with Gasteiger partial charge in [0.1, 0.15) is 12.4 Å². The van der Waals surface area contributed by atoms with E-state index < -0.39 is 13.0 Å². The molecule has 0 saturated heterocycles. The maximum Gasteiger partial charge on any atom is 0.261 e. The van der Waals surface area contributed by atoms with Crippen molar-refractivity contribution in [3.05, 3.63) is 24.2 Å². The monoisotopic (exact) mass is 218 g/mol. The summed E-state index contributed by atoms with van der Waals surface area (Å²) in [4.78, 5) is 11.2. The molecule has 1 heterocycles. The Morgan fingerprint density at radius 1 is 1.53 bits per heavy atom. The number of ether oxygens (including phenoxy) is 1. The molecule has 0 radical (unpaired) electrons. The van der Waals surface area contributed by atoms with Gasteiger partial charge in [-0.15, -0.1) is 0 Å². The molecule has 5 heteroatoms. The molecule has 0 fully saturated rings. The zero-order valence-electron chi connectivity index (χ0n) is 8.12. The summed E-state index contributed by atoms with van der Waals surface area (Å²) in [5, 5.41) is 0. The largest absolute Gasteiger partial charge is 0.472 e. The van der Waals surface area contributed by atoms with Gasteiger partial charge in [0.25, 0.3) is 6.43 Å². The van der Waals surface area contributed by atoms with E-state index in [2.05, 4.69) is 4.74 Å². The Bertz CT molecular complexity index is 283. The van der Waals surface area contributed by atoms with Crippen LogP contribution in [0.25, 0.3) is 0 Å². The van der Waals surface area contributed by atoms with E-state index in [-0.39, 0.29) is 25.2 Å². The van der Waals surface area contributed by atoms with Crippen LogP contribution in [0.5, 0.6) is 0 Å². The van der Waals surface area contributed by atoms with Crippen LogP contribution in [0.4, 0.5) is 8.78 Å². The molecule has 0 bridgehead atoms. The van der Waals surface area contributed by atoms with Crippen molar-refractivity contribution in [3.63, 3.8) is 0 Å². The van der Waals surface area contributed by atoms with Gasteiger partial charge in [0.05, 0.1) is 19.1 Å². The molecule has 0 amide bonds. The summed E-state index contributed by atoms with van der Waals surface area (Å²) in [7, 11) is 0. The van der Waals surface area contributed by atoms with Gasteiger partial charge in [-0.05, 0) is 11.6 Å². The zero-order chi connectivity index (χ0) is 11.1. The Hall–Kier alpha value is -1.23. The van der Waals surface area contributed by atoms with Crippen molar-refractivity contribution < 1.29 is 22.7 Å². The second kappa shape index (κ2) is 6.29. The van der Waals surface area contributed by atoms with E-state index in [1.807, 2.05) is 0 Å². The third kappa shape index (κ3) is 5.27. The average molecular weight is 218 g/mol. The summed E-state index contributed by atoms with van der Waals surface area (Å²) in [5.74, 6) is -0.0503. The molecule has 1 rings (SSSR count). The molecule has 0 atom stereocenters. The number of Topliss-reactive ketones (excluding diaryl/α,β-unsaturated/α-hetero) is 1. The lowest BCUT2D eigenvalue weighted by atomic mass is 10.1. The number of carbonyl (C=O) groups is 1. The highest BCUT2D eigenvalue weighted by atomic mass is 19.3. The van der Waals surface area contributed by atoms with Crippen LogP contribution >= 0.6 is 0 Å². The van der Waals surface area contributed by atoms with Gasteiger partial charge in [-0.3, -0.25) is 4.79 Å². The van der Waals surface area contributed by atoms with E-state index in [0.717, 1.165) is 5.56 Å². The summed E-state index contributed by atoms with van der Waals surface area (Å²) >= 11 is 0. The minimum atomic E-state index is -2.48. The fourth-order valence-corrected chi connectivity index (χ4v) is 1.07. The highest BCUT2D eigenvalue weighted by molar-refractivity contribution is 5.80. The lowest BCUT2D eigenvalue weighted by Gasteiger charge is -2.02. The fraction of sp³-hybridized carbons (Fsp3) is 0.500. The molecule has 0 saturated carbocycles. The second-order valence-corrected chi connectivity index (χ2v) is 3.06. The topological polar surface area (TPSA) is 39.4 Å². The van der Waals surface area contributed by atoms with Crippen LogP contribution in [0.3, 0.4) is 0 Å². The minimum Gasteiger partial charge on any atom is -0.472 e. The van der Waals surface area contributed by atoms with Crippen molar-refractivity contribution in [2.24, 2.45) is 0 Å². The molecule has 3 nitrogen and oxygen atoms in total. The maximum atomic E-state index is 11.6. The Balaban J connectivity index is 2.09. The van der Waals surface area contributed by atoms with Crippen molar-refractivity contribution >= 4 is 5.78 Å². The van der Waals surface area contributed by atoms with Gasteiger partial charge in [-0.25, -0.2) is 8.78 Å². The molecule has 0 unspecified atom stereocenters. The van der Waals surface area contributed by atoms with Crippen LogP contribution in [0, 0.1) is 0 Å². The van der Waals surface area contributed by atoms with Crippen molar-refractivity contribution in [2.45, 2.75) is 19.3 Å². The van der Waals surface area contributed by atoms with Gasteiger partial charge >= 0.3 is 0 Å². The van der Waals surface area contributed by atoms with Gasteiger partial charge in [0, 0.05) is 12.8 Å². The van der Waals surface area contributed by atoms with Crippen LogP contribution in [-0.4, -0.2) is 25.4 Å². The molecule has 84 valence electrons. The van der Waals surface area contributed by atoms with Crippen LogP contribution in [0.15, 0.2) is 23.0 Å². The quantitative estimate of drug-likeness (QED) is 0.657. The van der Waals surface area contributed by atoms with Crippen molar-refractivity contribution in [1.29, 1.82) is 0 Å². The third-order valence-electron chi connectivity index (χ3n) is 1.75. The fourth-order valence-electron chi connectivity index (χ4n) is 1.07. The van der Waals surface area contributed by atoms with E-state index in [9.17, 15) is 13.6 Å². The smallest absolute Gasteiger partial charge is 0.261 e. The molecular formula is C10H12F2O3. The first kappa shape index (κ1) is 11.8. The number of hydrogen-bond acceptors (Lipinski definition) is 3. The number of rotatable bonds is 7. The van der Waals surface area contributed by atoms with Crippen LogP contribution in [0.1, 0.15) is 12.0 Å². The number of furan rings is 1. The van der Waals surface area contributed by atoms with Crippen LogP contribution in [-0.2, 0) is 16.0 Å². The standard InChI is InChI=1S/C10H12F2O3/c11-10(12)7-15-4-2-9(13)5-8-1-3-14-6-8/h1,3,6,10H,2,4-5,7H2. The van der Waals surface area contributed by atoms with E-state index in [1.165, 1.54) is 12.5 Å². The normalized spacial score (nSPS) is 10.9. The lowest BCUT2D eigenvalue weighted by Crippen LogP contribution is -2.10. The number of hydrogen-bond donors (Lipinski definition) is 0. The Morgan fingerprint density at radius 2 is 2.33 bits per heavy atom. The van der Waals surface area contributed by atoms with Gasteiger partial charge in [-0.1, -0.05) is 0 Å². The van der Waals surface area contributed by atoms with E-state index in [0.29, 0.717) is 0 Å². The van der Waals surface area contributed by atoms with Gasteiger partial charge in [0.2, 0.25) is 0 Å². The highest BCUT2D eigenvalue weighted by Gasteiger charge is 2.06. The van der Waals surface area contributed by atoms with E-state index in [1.54, 1.807) is 6.07 Å². The van der Waals surface area contributed by atoms with Gasteiger partial charge in [0.15, 0.2) is 0 Å². The van der Waals surface area contributed by atoms with E-state index >= 15 is 0 Å². The summed E-state index contributed by atoms with van der Waals surface area (Å²) < 4.78 is 32.7. The van der Waals surface area contributed by atoms with Gasteiger partial charge < -0.3 is 9.15 Å². The molecule has 15 heavy (non-hydrogen) atoms. The van der Waals surface area contributed by atoms with Crippen LogP contribution in [0.2, 0.25) is 0 Å². The van der Waals surface area contributed by atoms with E-state index in [4.69, 9.17) is 4.42 Å². The third-order valence-corrected chi connectivity index (χ3v) is 1.75. The average Bonchev–Trinajstić information content (AvgIpc) is 2.64. The Kier molecular flexibility index (Phi) is 4.97. The first-order valence-electron chi connectivity index (χ1n) is 4.57. The number of carbonyl (C=O) groups excluding carboxylic acids is 1. The molecule has 0 N–H and O–H groups in total. The zero-order valence-corrected chi connectivity index (χ0v) is 8.12. The molecule has 1 aromatic heterocycles. The molecule has 0 aliphatic heterocycles. The predicted octanol–water partition coefficient (Wildman–Crippen LogP) is 2.06. The van der Waals surface area contributed by atoms with Gasteiger partial charge in [-0.2, -0.15) is 0 Å². The highest BCUT2D eigenvalue weighted by Crippen LogP contribution is 2.03. The minimum absolute atomic E-state index is 0.0427. The molecule has 0 aliphatic carbocycles. The summed E-state index contributed by atoms with van der Waals surface area (Å²) in [6.45, 7) is -0.569.